The molecule has 6 heteroatoms. The first-order valence-electron chi connectivity index (χ1n) is 7.31. The average Bonchev–Trinajstić information content (AvgIpc) is 2.66. The first kappa shape index (κ1) is 14.4. The average molecular weight is 304 g/mol. The van der Waals surface area contributed by atoms with Gasteiger partial charge in [0, 0.05) is 13.1 Å². The van der Waals surface area contributed by atoms with Crippen LogP contribution in [-0.4, -0.2) is 48.5 Å². The summed E-state index contributed by atoms with van der Waals surface area (Å²) in [5.74, 6) is 0.0210. The summed E-state index contributed by atoms with van der Waals surface area (Å²) in [5, 5.41) is 6.95. The number of benzene rings is 1. The standard InChI is InChI=1S/C15H20N4OS/c1-11-3-4-12-13(9-11)21-15(17-12)18-14(20)10-19-7-2-5-16-6-8-19/h3-4,9,16H,2,5-8,10H2,1H3,(H,17,18,20). The van der Waals surface area contributed by atoms with E-state index in [1.807, 2.05) is 12.1 Å². The van der Waals surface area contributed by atoms with Gasteiger partial charge in [0.2, 0.25) is 5.91 Å². The number of aromatic nitrogens is 1. The molecule has 1 aromatic carbocycles. The van der Waals surface area contributed by atoms with Crippen molar-refractivity contribution in [1.29, 1.82) is 0 Å². The highest BCUT2D eigenvalue weighted by atomic mass is 32.1. The molecule has 3 rings (SSSR count). The second kappa shape index (κ2) is 6.51. The number of rotatable bonds is 3. The van der Waals surface area contributed by atoms with Gasteiger partial charge in [-0.3, -0.25) is 9.69 Å². The summed E-state index contributed by atoms with van der Waals surface area (Å²) in [4.78, 5) is 18.8. The van der Waals surface area contributed by atoms with Gasteiger partial charge in [0.25, 0.3) is 0 Å². The van der Waals surface area contributed by atoms with Crippen LogP contribution in [0, 0.1) is 6.92 Å². The minimum atomic E-state index is 0.0210. The number of fused-ring (bicyclic) bond motifs is 1. The van der Waals surface area contributed by atoms with Gasteiger partial charge in [0.05, 0.1) is 16.8 Å². The summed E-state index contributed by atoms with van der Waals surface area (Å²) in [7, 11) is 0. The van der Waals surface area contributed by atoms with E-state index >= 15 is 0 Å². The van der Waals surface area contributed by atoms with E-state index in [2.05, 4.69) is 33.5 Å². The maximum atomic E-state index is 12.1. The molecular weight excluding hydrogens is 284 g/mol. The molecule has 0 saturated carbocycles. The lowest BCUT2D eigenvalue weighted by molar-refractivity contribution is -0.117. The highest BCUT2D eigenvalue weighted by Gasteiger charge is 2.14. The highest BCUT2D eigenvalue weighted by Crippen LogP contribution is 2.26. The van der Waals surface area contributed by atoms with E-state index in [0.29, 0.717) is 11.7 Å². The van der Waals surface area contributed by atoms with Crippen LogP contribution in [0.1, 0.15) is 12.0 Å². The SMILES string of the molecule is Cc1ccc2nc(NC(=O)CN3CCCNCC3)sc2c1. The Labute approximate surface area is 128 Å². The number of nitrogens with one attached hydrogen (secondary N) is 2. The lowest BCUT2D eigenvalue weighted by atomic mass is 10.2. The largest absolute Gasteiger partial charge is 0.315 e. The van der Waals surface area contributed by atoms with E-state index in [0.717, 1.165) is 42.8 Å². The Morgan fingerprint density at radius 1 is 1.43 bits per heavy atom. The number of nitrogens with zero attached hydrogens (tertiary/aromatic N) is 2. The van der Waals surface area contributed by atoms with Crippen LogP contribution in [-0.2, 0) is 4.79 Å². The third-order valence-electron chi connectivity index (χ3n) is 3.59. The van der Waals surface area contributed by atoms with Gasteiger partial charge in [0.1, 0.15) is 0 Å². The van der Waals surface area contributed by atoms with Crippen molar-refractivity contribution >= 4 is 32.6 Å². The molecule has 1 aromatic heterocycles. The van der Waals surface area contributed by atoms with Gasteiger partial charge in [-0.2, -0.15) is 0 Å². The fourth-order valence-electron chi connectivity index (χ4n) is 2.51. The number of carbonyl (C=O) groups is 1. The van der Waals surface area contributed by atoms with Gasteiger partial charge in [-0.15, -0.1) is 0 Å². The van der Waals surface area contributed by atoms with E-state index in [-0.39, 0.29) is 5.91 Å². The van der Waals surface area contributed by atoms with Crippen LogP contribution in [0.15, 0.2) is 18.2 Å². The smallest absolute Gasteiger partial charge is 0.240 e. The van der Waals surface area contributed by atoms with Gasteiger partial charge in [-0.25, -0.2) is 4.98 Å². The van der Waals surface area contributed by atoms with Crippen LogP contribution in [0.25, 0.3) is 10.2 Å². The number of amides is 1. The molecule has 1 aliphatic heterocycles. The van der Waals surface area contributed by atoms with Gasteiger partial charge < -0.3 is 10.6 Å². The van der Waals surface area contributed by atoms with Gasteiger partial charge in [0.15, 0.2) is 5.13 Å². The van der Waals surface area contributed by atoms with Crippen molar-refractivity contribution in [3.8, 4) is 0 Å². The second-order valence-electron chi connectivity index (χ2n) is 5.42. The van der Waals surface area contributed by atoms with Gasteiger partial charge >= 0.3 is 0 Å². The first-order chi connectivity index (χ1) is 10.2. The number of anilines is 1. The zero-order chi connectivity index (χ0) is 14.7. The molecule has 0 bridgehead atoms. The fraction of sp³-hybridized carbons (Fsp3) is 0.467. The third kappa shape index (κ3) is 3.78. The monoisotopic (exact) mass is 304 g/mol. The van der Waals surface area contributed by atoms with Crippen LogP contribution in [0.4, 0.5) is 5.13 Å². The minimum absolute atomic E-state index is 0.0210. The van der Waals surface area contributed by atoms with Crippen molar-refractivity contribution in [2.45, 2.75) is 13.3 Å². The summed E-state index contributed by atoms with van der Waals surface area (Å²) in [6.07, 6.45) is 1.09. The molecular formula is C15H20N4OS. The zero-order valence-corrected chi connectivity index (χ0v) is 13.0. The molecule has 2 aromatic rings. The molecule has 1 amide bonds. The Morgan fingerprint density at radius 3 is 3.24 bits per heavy atom. The van der Waals surface area contributed by atoms with E-state index in [4.69, 9.17) is 0 Å². The maximum absolute atomic E-state index is 12.1. The molecule has 0 radical (unpaired) electrons. The lowest BCUT2D eigenvalue weighted by Gasteiger charge is -2.17. The van der Waals surface area contributed by atoms with Crippen molar-refractivity contribution in [2.75, 3.05) is 38.0 Å². The van der Waals surface area contributed by atoms with E-state index in [9.17, 15) is 4.79 Å². The van der Waals surface area contributed by atoms with Crippen LogP contribution in [0.3, 0.4) is 0 Å². The van der Waals surface area contributed by atoms with Gasteiger partial charge in [-0.1, -0.05) is 17.4 Å². The molecule has 0 atom stereocenters. The van der Waals surface area contributed by atoms with Crippen LogP contribution < -0.4 is 10.6 Å². The topological polar surface area (TPSA) is 57.3 Å². The maximum Gasteiger partial charge on any atom is 0.240 e. The second-order valence-corrected chi connectivity index (χ2v) is 6.45. The molecule has 112 valence electrons. The van der Waals surface area contributed by atoms with Crippen LogP contribution >= 0.6 is 11.3 Å². The van der Waals surface area contributed by atoms with Crippen molar-refractivity contribution in [3.63, 3.8) is 0 Å². The summed E-state index contributed by atoms with van der Waals surface area (Å²) < 4.78 is 1.12. The molecule has 5 nitrogen and oxygen atoms in total. The zero-order valence-electron chi connectivity index (χ0n) is 12.2. The Bertz CT molecular complexity index is 632. The molecule has 2 N–H and O–H groups in total. The highest BCUT2D eigenvalue weighted by molar-refractivity contribution is 7.22. The van der Waals surface area contributed by atoms with Crippen molar-refractivity contribution < 1.29 is 4.79 Å². The van der Waals surface area contributed by atoms with Crippen LogP contribution in [0.2, 0.25) is 0 Å². The molecule has 0 aliphatic carbocycles. The number of hydrogen-bond donors (Lipinski definition) is 2. The number of thiazole rings is 1. The fourth-order valence-corrected chi connectivity index (χ4v) is 3.49. The molecule has 1 aliphatic rings. The summed E-state index contributed by atoms with van der Waals surface area (Å²) >= 11 is 1.53. The number of carbonyl (C=O) groups excluding carboxylic acids is 1. The van der Waals surface area contributed by atoms with Gasteiger partial charge in [-0.05, 0) is 44.1 Å². The molecule has 1 saturated heterocycles. The first-order valence-corrected chi connectivity index (χ1v) is 8.12. The third-order valence-corrected chi connectivity index (χ3v) is 4.52. The Morgan fingerprint density at radius 2 is 2.33 bits per heavy atom. The molecule has 21 heavy (non-hydrogen) atoms. The molecule has 0 spiro atoms. The van der Waals surface area contributed by atoms with E-state index in [1.54, 1.807) is 0 Å². The Hall–Kier alpha value is -1.50. The Kier molecular flexibility index (Phi) is 4.48. The summed E-state index contributed by atoms with van der Waals surface area (Å²) in [6.45, 7) is 6.39. The predicted octanol–water partition coefficient (Wildman–Crippen LogP) is 1.84. The molecule has 2 heterocycles. The van der Waals surface area contributed by atoms with E-state index < -0.39 is 0 Å². The quantitative estimate of drug-likeness (QED) is 0.908. The van der Waals surface area contributed by atoms with Crippen molar-refractivity contribution in [2.24, 2.45) is 0 Å². The van der Waals surface area contributed by atoms with Crippen molar-refractivity contribution in [3.05, 3.63) is 23.8 Å². The summed E-state index contributed by atoms with van der Waals surface area (Å²) in [5.41, 5.74) is 2.15. The predicted molar refractivity (Wildman–Crippen MR) is 86.9 cm³/mol. The normalized spacial score (nSPS) is 16.8. The summed E-state index contributed by atoms with van der Waals surface area (Å²) in [6, 6.07) is 6.14. The molecule has 0 unspecified atom stereocenters. The van der Waals surface area contributed by atoms with Crippen molar-refractivity contribution in [1.82, 2.24) is 15.2 Å². The minimum Gasteiger partial charge on any atom is -0.315 e. The molecule has 1 fully saturated rings. The van der Waals surface area contributed by atoms with E-state index in [1.165, 1.54) is 16.9 Å². The number of aryl methyl sites for hydroxylation is 1. The van der Waals surface area contributed by atoms with Crippen LogP contribution in [0.5, 0.6) is 0 Å². The lowest BCUT2D eigenvalue weighted by Crippen LogP contribution is -2.35. The number of hydrogen-bond acceptors (Lipinski definition) is 5. The Balaban J connectivity index is 1.62.